The SMILES string of the molecule is CCOC(=O)C1CCN(C(=O)C(=O)N2c3ccccc3CC2C)CC1. The van der Waals surface area contributed by atoms with Crippen LogP contribution in [0.4, 0.5) is 5.69 Å². The number of nitrogens with zero attached hydrogens (tertiary/aromatic N) is 2. The third-order valence-corrected chi connectivity index (χ3v) is 5.01. The molecule has 0 radical (unpaired) electrons. The van der Waals surface area contributed by atoms with Gasteiger partial charge < -0.3 is 14.5 Å². The number of esters is 1. The molecule has 1 fully saturated rings. The first-order chi connectivity index (χ1) is 12.0. The summed E-state index contributed by atoms with van der Waals surface area (Å²) in [5.41, 5.74) is 1.92. The summed E-state index contributed by atoms with van der Waals surface area (Å²) in [6, 6.07) is 7.69. The van der Waals surface area contributed by atoms with Gasteiger partial charge in [-0.3, -0.25) is 14.4 Å². The quantitative estimate of drug-likeness (QED) is 0.606. The second-order valence-corrected chi connectivity index (χ2v) is 6.68. The van der Waals surface area contributed by atoms with E-state index in [-0.39, 0.29) is 17.9 Å². The lowest BCUT2D eigenvalue weighted by atomic mass is 9.97. The Hall–Kier alpha value is -2.37. The molecule has 0 aromatic heterocycles. The van der Waals surface area contributed by atoms with Crippen LogP contribution in [0.2, 0.25) is 0 Å². The Morgan fingerprint density at radius 3 is 2.48 bits per heavy atom. The lowest BCUT2D eigenvalue weighted by Crippen LogP contribution is -2.50. The average Bonchev–Trinajstić information content (AvgIpc) is 2.96. The number of para-hydroxylation sites is 1. The molecular formula is C19H24N2O4. The largest absolute Gasteiger partial charge is 0.466 e. The summed E-state index contributed by atoms with van der Waals surface area (Å²) < 4.78 is 5.04. The maximum Gasteiger partial charge on any atom is 0.316 e. The van der Waals surface area contributed by atoms with Gasteiger partial charge in [0, 0.05) is 24.8 Å². The van der Waals surface area contributed by atoms with Gasteiger partial charge in [0.2, 0.25) is 0 Å². The number of rotatable bonds is 2. The molecule has 2 aliphatic rings. The summed E-state index contributed by atoms with van der Waals surface area (Å²) >= 11 is 0. The normalized spacial score (nSPS) is 20.3. The molecule has 2 heterocycles. The Morgan fingerprint density at radius 1 is 1.12 bits per heavy atom. The molecule has 1 saturated heterocycles. The molecule has 1 aromatic rings. The third-order valence-electron chi connectivity index (χ3n) is 5.01. The Labute approximate surface area is 147 Å². The van der Waals surface area contributed by atoms with Crippen LogP contribution < -0.4 is 4.90 Å². The van der Waals surface area contributed by atoms with Crippen molar-refractivity contribution in [1.82, 2.24) is 4.90 Å². The van der Waals surface area contributed by atoms with Gasteiger partial charge in [-0.1, -0.05) is 18.2 Å². The summed E-state index contributed by atoms with van der Waals surface area (Å²) in [6.45, 7) is 4.93. The number of anilines is 1. The minimum atomic E-state index is -0.481. The van der Waals surface area contributed by atoms with Crippen LogP contribution in [0.25, 0.3) is 0 Å². The molecule has 2 aliphatic heterocycles. The van der Waals surface area contributed by atoms with Crippen molar-refractivity contribution < 1.29 is 19.1 Å². The van der Waals surface area contributed by atoms with Gasteiger partial charge in [0.1, 0.15) is 0 Å². The predicted molar refractivity (Wildman–Crippen MR) is 93.0 cm³/mol. The number of likely N-dealkylation sites (tertiary alicyclic amines) is 1. The Kier molecular flexibility index (Phi) is 5.06. The summed E-state index contributed by atoms with van der Waals surface area (Å²) in [5.74, 6) is -1.34. The molecule has 0 aliphatic carbocycles. The van der Waals surface area contributed by atoms with E-state index in [1.807, 2.05) is 31.2 Å². The van der Waals surface area contributed by atoms with Crippen LogP contribution in [0.3, 0.4) is 0 Å². The molecule has 0 N–H and O–H groups in total. The van der Waals surface area contributed by atoms with Gasteiger partial charge in [0.05, 0.1) is 12.5 Å². The van der Waals surface area contributed by atoms with Crippen LogP contribution in [-0.4, -0.2) is 48.4 Å². The molecule has 3 rings (SSSR count). The number of carbonyl (C=O) groups excluding carboxylic acids is 3. The zero-order chi connectivity index (χ0) is 18.0. The minimum absolute atomic E-state index is 0.0223. The second-order valence-electron chi connectivity index (χ2n) is 6.68. The van der Waals surface area contributed by atoms with Crippen LogP contribution in [-0.2, 0) is 25.5 Å². The lowest BCUT2D eigenvalue weighted by molar-refractivity contribution is -0.152. The predicted octanol–water partition coefficient (Wildman–Crippen LogP) is 1.77. The van der Waals surface area contributed by atoms with Gasteiger partial charge in [-0.25, -0.2) is 0 Å². The van der Waals surface area contributed by atoms with Crippen molar-refractivity contribution in [3.63, 3.8) is 0 Å². The van der Waals surface area contributed by atoms with Crippen molar-refractivity contribution in [1.29, 1.82) is 0 Å². The number of piperidine rings is 1. The number of hydrogen-bond donors (Lipinski definition) is 0. The van der Waals surface area contributed by atoms with Crippen LogP contribution in [0.15, 0.2) is 24.3 Å². The third kappa shape index (κ3) is 3.38. The number of carbonyl (C=O) groups is 3. The van der Waals surface area contributed by atoms with Gasteiger partial charge >= 0.3 is 17.8 Å². The Balaban J connectivity index is 1.64. The zero-order valence-corrected chi connectivity index (χ0v) is 14.7. The molecule has 0 saturated carbocycles. The van der Waals surface area contributed by atoms with E-state index in [9.17, 15) is 14.4 Å². The lowest BCUT2D eigenvalue weighted by Gasteiger charge is -2.32. The highest BCUT2D eigenvalue weighted by Crippen LogP contribution is 2.32. The molecule has 1 aromatic carbocycles. The van der Waals surface area contributed by atoms with Gasteiger partial charge in [0.25, 0.3) is 0 Å². The maximum absolute atomic E-state index is 12.8. The molecule has 0 bridgehead atoms. The molecule has 2 amide bonds. The van der Waals surface area contributed by atoms with Crippen LogP contribution in [0, 0.1) is 5.92 Å². The van der Waals surface area contributed by atoms with E-state index in [0.717, 1.165) is 17.7 Å². The van der Waals surface area contributed by atoms with E-state index in [2.05, 4.69) is 0 Å². The van der Waals surface area contributed by atoms with Crippen molar-refractivity contribution >= 4 is 23.5 Å². The number of hydrogen-bond acceptors (Lipinski definition) is 4. The standard InChI is InChI=1S/C19H24N2O4/c1-3-25-19(24)14-8-10-20(11-9-14)17(22)18(23)21-13(2)12-15-6-4-5-7-16(15)21/h4-7,13-14H,3,8-12H2,1-2H3. The first-order valence-corrected chi connectivity index (χ1v) is 8.90. The first kappa shape index (κ1) is 17.5. The maximum atomic E-state index is 12.8. The van der Waals surface area contributed by atoms with Gasteiger partial charge in [-0.05, 0) is 44.7 Å². The molecule has 1 atom stereocenters. The summed E-state index contributed by atoms with van der Waals surface area (Å²) in [5, 5.41) is 0. The number of amides is 2. The van der Waals surface area contributed by atoms with E-state index in [4.69, 9.17) is 4.74 Å². The van der Waals surface area contributed by atoms with E-state index < -0.39 is 11.8 Å². The highest BCUT2D eigenvalue weighted by atomic mass is 16.5. The Morgan fingerprint density at radius 2 is 1.80 bits per heavy atom. The molecular weight excluding hydrogens is 320 g/mol. The van der Waals surface area contributed by atoms with Gasteiger partial charge in [0.15, 0.2) is 0 Å². The average molecular weight is 344 g/mol. The highest BCUT2D eigenvalue weighted by molar-refractivity contribution is 6.40. The monoisotopic (exact) mass is 344 g/mol. The van der Waals surface area contributed by atoms with E-state index in [0.29, 0.717) is 32.5 Å². The van der Waals surface area contributed by atoms with Crippen LogP contribution in [0.5, 0.6) is 0 Å². The molecule has 1 unspecified atom stereocenters. The number of ether oxygens (including phenoxy) is 1. The van der Waals surface area contributed by atoms with Crippen molar-refractivity contribution in [2.24, 2.45) is 5.92 Å². The number of fused-ring (bicyclic) bond motifs is 1. The summed E-state index contributed by atoms with van der Waals surface area (Å²) in [7, 11) is 0. The minimum Gasteiger partial charge on any atom is -0.466 e. The van der Waals surface area contributed by atoms with Crippen molar-refractivity contribution in [2.45, 2.75) is 39.2 Å². The molecule has 0 spiro atoms. The molecule has 6 nitrogen and oxygen atoms in total. The van der Waals surface area contributed by atoms with Gasteiger partial charge in [-0.2, -0.15) is 0 Å². The van der Waals surface area contributed by atoms with Crippen LogP contribution >= 0.6 is 0 Å². The molecule has 6 heteroatoms. The van der Waals surface area contributed by atoms with Gasteiger partial charge in [-0.15, -0.1) is 0 Å². The van der Waals surface area contributed by atoms with E-state index in [1.165, 1.54) is 0 Å². The van der Waals surface area contributed by atoms with E-state index >= 15 is 0 Å². The van der Waals surface area contributed by atoms with E-state index in [1.54, 1.807) is 16.7 Å². The molecule has 25 heavy (non-hydrogen) atoms. The fourth-order valence-electron chi connectivity index (χ4n) is 3.69. The highest BCUT2D eigenvalue weighted by Gasteiger charge is 2.37. The zero-order valence-electron chi connectivity index (χ0n) is 14.7. The Bertz CT molecular complexity index is 680. The summed E-state index contributed by atoms with van der Waals surface area (Å²) in [6.07, 6.45) is 1.86. The topological polar surface area (TPSA) is 66.9 Å². The first-order valence-electron chi connectivity index (χ1n) is 8.90. The summed E-state index contributed by atoms with van der Waals surface area (Å²) in [4.78, 5) is 40.4. The van der Waals surface area contributed by atoms with Crippen LogP contribution in [0.1, 0.15) is 32.3 Å². The second kappa shape index (κ2) is 7.25. The smallest absolute Gasteiger partial charge is 0.316 e. The fraction of sp³-hybridized carbons (Fsp3) is 0.526. The fourth-order valence-corrected chi connectivity index (χ4v) is 3.69. The van der Waals surface area contributed by atoms with Crippen molar-refractivity contribution in [3.8, 4) is 0 Å². The molecule has 134 valence electrons. The van der Waals surface area contributed by atoms with Crippen molar-refractivity contribution in [2.75, 3.05) is 24.6 Å². The van der Waals surface area contributed by atoms with Crippen molar-refractivity contribution in [3.05, 3.63) is 29.8 Å². The number of benzene rings is 1.